The molecule has 0 bridgehead atoms. The van der Waals surface area contributed by atoms with Crippen LogP contribution in [0.25, 0.3) is 0 Å². The summed E-state index contributed by atoms with van der Waals surface area (Å²) in [4.78, 5) is 11.2. The minimum Gasteiger partial charge on any atom is -0.375 e. The zero-order valence-corrected chi connectivity index (χ0v) is 11.2. The molecule has 1 amide bonds. The molecule has 1 rings (SSSR count). The van der Waals surface area contributed by atoms with Crippen LogP contribution in [-0.4, -0.2) is 25.7 Å². The Kier molecular flexibility index (Phi) is 6.39. The fourth-order valence-electron chi connectivity index (χ4n) is 1.40. The minimum absolute atomic E-state index is 0.0975. The van der Waals surface area contributed by atoms with E-state index in [-0.39, 0.29) is 18.6 Å². The van der Waals surface area contributed by atoms with Crippen LogP contribution in [0.3, 0.4) is 0 Å². The smallest absolute Gasteiger partial charge is 0.246 e. The maximum atomic E-state index is 11.2. The van der Waals surface area contributed by atoms with Gasteiger partial charge in [0.15, 0.2) is 0 Å². The van der Waals surface area contributed by atoms with E-state index >= 15 is 0 Å². The highest BCUT2D eigenvalue weighted by molar-refractivity contribution is 5.77. The number of benzene rings is 1. The zero-order chi connectivity index (χ0) is 13.4. The first kappa shape index (κ1) is 14.7. The molecule has 0 spiro atoms. The predicted octanol–water partition coefficient (Wildman–Crippen LogP) is 1.87. The predicted molar refractivity (Wildman–Crippen MR) is 70.1 cm³/mol. The van der Waals surface area contributed by atoms with E-state index in [0.29, 0.717) is 13.2 Å². The summed E-state index contributed by atoms with van der Waals surface area (Å²) in [5.41, 5.74) is 2.20. The van der Waals surface area contributed by atoms with Gasteiger partial charge in [-0.2, -0.15) is 0 Å². The summed E-state index contributed by atoms with van der Waals surface area (Å²) in [7, 11) is 1.50. The summed E-state index contributed by atoms with van der Waals surface area (Å²) in [6, 6.07) is 8.01. The quantitative estimate of drug-likeness (QED) is 0.805. The summed E-state index contributed by atoms with van der Waals surface area (Å²) in [6.45, 7) is 5.27. The van der Waals surface area contributed by atoms with E-state index in [4.69, 9.17) is 9.47 Å². The molecule has 0 saturated carbocycles. The van der Waals surface area contributed by atoms with E-state index in [1.165, 1.54) is 7.11 Å². The van der Waals surface area contributed by atoms with Gasteiger partial charge in [0, 0.05) is 13.7 Å². The second kappa shape index (κ2) is 7.84. The summed E-state index contributed by atoms with van der Waals surface area (Å²) >= 11 is 0. The Morgan fingerprint density at radius 3 is 2.39 bits per heavy atom. The molecule has 0 unspecified atom stereocenters. The molecule has 0 fully saturated rings. The van der Waals surface area contributed by atoms with Gasteiger partial charge in [-0.25, -0.2) is 0 Å². The van der Waals surface area contributed by atoms with Gasteiger partial charge in [-0.05, 0) is 25.0 Å². The van der Waals surface area contributed by atoms with E-state index in [9.17, 15) is 4.79 Å². The normalized spacial score (nSPS) is 10.7. The molecule has 0 aliphatic heterocycles. The zero-order valence-electron chi connectivity index (χ0n) is 11.2. The summed E-state index contributed by atoms with van der Waals surface area (Å²) in [6.07, 6.45) is 0.234. The van der Waals surface area contributed by atoms with Gasteiger partial charge in [0.05, 0.1) is 12.7 Å². The highest BCUT2D eigenvalue weighted by Crippen LogP contribution is 2.06. The second-order valence-electron chi connectivity index (χ2n) is 4.39. The highest BCUT2D eigenvalue weighted by atomic mass is 16.5. The number of nitrogens with one attached hydrogen (secondary N) is 1. The van der Waals surface area contributed by atoms with Crippen molar-refractivity contribution in [3.8, 4) is 0 Å². The molecule has 4 heteroatoms. The fourth-order valence-corrected chi connectivity index (χ4v) is 1.40. The second-order valence-corrected chi connectivity index (χ2v) is 4.39. The lowest BCUT2D eigenvalue weighted by atomic mass is 10.1. The van der Waals surface area contributed by atoms with Crippen molar-refractivity contribution in [3.05, 3.63) is 35.4 Å². The van der Waals surface area contributed by atoms with Crippen molar-refractivity contribution in [1.29, 1.82) is 0 Å². The molecule has 0 aromatic heterocycles. The van der Waals surface area contributed by atoms with Crippen molar-refractivity contribution in [2.45, 2.75) is 33.1 Å². The van der Waals surface area contributed by atoms with Gasteiger partial charge in [0.2, 0.25) is 5.91 Å². The average molecular weight is 251 g/mol. The molecule has 0 radical (unpaired) electrons. The fraction of sp³-hybridized carbons (Fsp3) is 0.500. The lowest BCUT2D eigenvalue weighted by molar-refractivity contribution is -0.124. The monoisotopic (exact) mass is 251 g/mol. The molecule has 100 valence electrons. The number of carbonyl (C=O) groups is 1. The number of methoxy groups -OCH3 is 1. The largest absolute Gasteiger partial charge is 0.375 e. The number of hydrogen-bond acceptors (Lipinski definition) is 3. The first-order valence-corrected chi connectivity index (χ1v) is 6.07. The Balaban J connectivity index is 2.38. The molecular weight excluding hydrogens is 230 g/mol. The van der Waals surface area contributed by atoms with Crippen LogP contribution in [0.5, 0.6) is 0 Å². The van der Waals surface area contributed by atoms with E-state index < -0.39 is 0 Å². The molecule has 0 heterocycles. The van der Waals surface area contributed by atoms with Crippen molar-refractivity contribution in [3.63, 3.8) is 0 Å². The van der Waals surface area contributed by atoms with Crippen LogP contribution in [0, 0.1) is 0 Å². The number of rotatable bonds is 7. The third-order valence-electron chi connectivity index (χ3n) is 2.37. The van der Waals surface area contributed by atoms with Gasteiger partial charge in [-0.15, -0.1) is 0 Å². The van der Waals surface area contributed by atoms with Crippen LogP contribution in [0.4, 0.5) is 0 Å². The van der Waals surface area contributed by atoms with Gasteiger partial charge < -0.3 is 14.8 Å². The van der Waals surface area contributed by atoms with E-state index in [1.807, 2.05) is 38.1 Å². The van der Waals surface area contributed by atoms with Crippen LogP contribution in [0.1, 0.15) is 25.0 Å². The SMILES string of the molecule is COCC(=O)NCc1ccc(COC(C)C)cc1. The summed E-state index contributed by atoms with van der Waals surface area (Å²) in [5, 5.41) is 2.77. The lowest BCUT2D eigenvalue weighted by Gasteiger charge is -2.08. The Bertz CT molecular complexity index is 360. The Hall–Kier alpha value is -1.39. The molecule has 0 atom stereocenters. The molecule has 1 aromatic carbocycles. The highest BCUT2D eigenvalue weighted by Gasteiger charge is 2.01. The van der Waals surface area contributed by atoms with Crippen molar-refractivity contribution < 1.29 is 14.3 Å². The van der Waals surface area contributed by atoms with Crippen molar-refractivity contribution in [2.75, 3.05) is 13.7 Å². The van der Waals surface area contributed by atoms with E-state index in [1.54, 1.807) is 0 Å². The first-order chi connectivity index (χ1) is 8.61. The van der Waals surface area contributed by atoms with Crippen molar-refractivity contribution in [1.82, 2.24) is 5.32 Å². The van der Waals surface area contributed by atoms with Crippen LogP contribution in [0.15, 0.2) is 24.3 Å². The van der Waals surface area contributed by atoms with Crippen molar-refractivity contribution >= 4 is 5.91 Å². The average Bonchev–Trinajstić information content (AvgIpc) is 2.35. The van der Waals surface area contributed by atoms with Crippen molar-refractivity contribution in [2.24, 2.45) is 0 Å². The van der Waals surface area contributed by atoms with Gasteiger partial charge in [0.1, 0.15) is 6.61 Å². The Morgan fingerprint density at radius 1 is 1.22 bits per heavy atom. The van der Waals surface area contributed by atoms with E-state index in [2.05, 4.69) is 5.32 Å². The van der Waals surface area contributed by atoms with Crippen LogP contribution >= 0.6 is 0 Å². The van der Waals surface area contributed by atoms with Gasteiger partial charge >= 0.3 is 0 Å². The Morgan fingerprint density at radius 2 is 1.83 bits per heavy atom. The van der Waals surface area contributed by atoms with Crippen LogP contribution < -0.4 is 5.32 Å². The minimum atomic E-state index is -0.107. The van der Waals surface area contributed by atoms with E-state index in [0.717, 1.165) is 11.1 Å². The molecule has 18 heavy (non-hydrogen) atoms. The molecule has 0 aliphatic carbocycles. The third-order valence-corrected chi connectivity index (χ3v) is 2.37. The summed E-state index contributed by atoms with van der Waals surface area (Å²) in [5.74, 6) is -0.107. The van der Waals surface area contributed by atoms with Crippen LogP contribution in [-0.2, 0) is 27.4 Å². The molecule has 0 saturated heterocycles. The molecule has 4 nitrogen and oxygen atoms in total. The number of carbonyl (C=O) groups excluding carboxylic acids is 1. The maximum absolute atomic E-state index is 11.2. The number of amides is 1. The van der Waals surface area contributed by atoms with Gasteiger partial charge in [-0.3, -0.25) is 4.79 Å². The standard InChI is InChI=1S/C14H21NO3/c1-11(2)18-9-13-6-4-12(5-7-13)8-15-14(16)10-17-3/h4-7,11H,8-10H2,1-3H3,(H,15,16). The molecule has 1 aromatic rings. The molecular formula is C14H21NO3. The number of hydrogen-bond donors (Lipinski definition) is 1. The summed E-state index contributed by atoms with van der Waals surface area (Å²) < 4.78 is 10.2. The third kappa shape index (κ3) is 5.80. The number of ether oxygens (including phenoxy) is 2. The molecule has 0 aliphatic rings. The van der Waals surface area contributed by atoms with Gasteiger partial charge in [0.25, 0.3) is 0 Å². The first-order valence-electron chi connectivity index (χ1n) is 6.07. The maximum Gasteiger partial charge on any atom is 0.246 e. The lowest BCUT2D eigenvalue weighted by Crippen LogP contribution is -2.26. The Labute approximate surface area is 108 Å². The van der Waals surface area contributed by atoms with Gasteiger partial charge in [-0.1, -0.05) is 24.3 Å². The molecule has 1 N–H and O–H groups in total. The van der Waals surface area contributed by atoms with Crippen LogP contribution in [0.2, 0.25) is 0 Å². The topological polar surface area (TPSA) is 47.6 Å².